The molecule has 0 spiro atoms. The van der Waals surface area contributed by atoms with Gasteiger partial charge in [0.25, 0.3) is 0 Å². The number of aliphatic hydroxyl groups excluding tert-OH is 1. The first kappa shape index (κ1) is 8.97. The van der Waals surface area contributed by atoms with Crippen LogP contribution in [0, 0.1) is 5.92 Å². The van der Waals surface area contributed by atoms with Gasteiger partial charge in [0.2, 0.25) is 0 Å². The van der Waals surface area contributed by atoms with Gasteiger partial charge in [0.1, 0.15) is 0 Å². The van der Waals surface area contributed by atoms with Gasteiger partial charge in [-0.2, -0.15) is 7.05 Å². The molecule has 0 aromatic rings. The van der Waals surface area contributed by atoms with Crippen molar-refractivity contribution < 1.29 is 5.11 Å². The van der Waals surface area contributed by atoms with Crippen molar-refractivity contribution in [2.24, 2.45) is 5.92 Å². The zero-order valence-corrected chi connectivity index (χ0v) is 7.16. The quantitative estimate of drug-likeness (QED) is 0.637. The second-order valence-electron chi connectivity index (χ2n) is 3.18. The average molecular weight is 157 g/mol. The molecule has 1 aliphatic rings. The Bertz CT molecular complexity index is 108. The molecule has 0 saturated carbocycles. The normalized spacial score (nSPS) is 26.2. The van der Waals surface area contributed by atoms with E-state index in [9.17, 15) is 0 Å². The van der Waals surface area contributed by atoms with Gasteiger partial charge in [-0.05, 0) is 25.4 Å². The van der Waals surface area contributed by atoms with E-state index in [1.54, 1.807) is 0 Å². The van der Waals surface area contributed by atoms with E-state index in [0.717, 1.165) is 32.6 Å². The van der Waals surface area contributed by atoms with E-state index in [2.05, 4.69) is 10.2 Å². The topological polar surface area (TPSA) is 37.6 Å². The lowest BCUT2D eigenvalue weighted by Gasteiger charge is -2.19. The third-order valence-electron chi connectivity index (χ3n) is 2.27. The highest BCUT2D eigenvalue weighted by atomic mass is 16.3. The predicted octanol–water partition coefficient (Wildman–Crippen LogP) is 0.304. The molecule has 1 saturated heterocycles. The van der Waals surface area contributed by atoms with Crippen LogP contribution in [0.4, 0.5) is 0 Å². The molecule has 0 aromatic heterocycles. The monoisotopic (exact) mass is 157 g/mol. The molecule has 11 heavy (non-hydrogen) atoms. The molecule has 0 unspecified atom stereocenters. The molecule has 1 fully saturated rings. The van der Waals surface area contributed by atoms with Crippen molar-refractivity contribution in [1.29, 1.82) is 0 Å². The summed E-state index contributed by atoms with van der Waals surface area (Å²) in [4.78, 5) is 2.37. The Kier molecular flexibility index (Phi) is 3.83. The standard InChI is InChI=1S/C8H17N2O/c1-9-3-5-10-4-2-8(6-10)7-11/h8,11H,2-7H2,1H3/q-1/t8-/m0/s1. The summed E-state index contributed by atoms with van der Waals surface area (Å²) in [6, 6.07) is 0. The van der Waals surface area contributed by atoms with Gasteiger partial charge in [-0.1, -0.05) is 0 Å². The Balaban J connectivity index is 2.09. The van der Waals surface area contributed by atoms with Crippen molar-refractivity contribution in [3.63, 3.8) is 0 Å². The largest absolute Gasteiger partial charge is 0.664 e. The minimum Gasteiger partial charge on any atom is -0.664 e. The highest BCUT2D eigenvalue weighted by Gasteiger charge is 2.19. The maximum atomic E-state index is 8.86. The molecule has 0 amide bonds. The van der Waals surface area contributed by atoms with E-state index in [1.807, 2.05) is 7.05 Å². The highest BCUT2D eigenvalue weighted by molar-refractivity contribution is 4.79. The Morgan fingerprint density at radius 1 is 1.64 bits per heavy atom. The van der Waals surface area contributed by atoms with Crippen LogP contribution in [0.2, 0.25) is 0 Å². The maximum Gasteiger partial charge on any atom is 0.0471 e. The van der Waals surface area contributed by atoms with Crippen LogP contribution in [0.3, 0.4) is 0 Å². The van der Waals surface area contributed by atoms with Crippen LogP contribution < -0.4 is 0 Å². The summed E-state index contributed by atoms with van der Waals surface area (Å²) < 4.78 is 0. The summed E-state index contributed by atoms with van der Waals surface area (Å²) in [6.45, 7) is 4.54. The number of hydrogen-bond donors (Lipinski definition) is 1. The lowest BCUT2D eigenvalue weighted by atomic mass is 10.1. The zero-order chi connectivity index (χ0) is 8.10. The van der Waals surface area contributed by atoms with E-state index in [4.69, 9.17) is 5.11 Å². The Labute approximate surface area is 68.4 Å². The van der Waals surface area contributed by atoms with Crippen LogP contribution in [0.15, 0.2) is 0 Å². The molecule has 0 aromatic carbocycles. The van der Waals surface area contributed by atoms with Gasteiger partial charge < -0.3 is 15.3 Å². The number of likely N-dealkylation sites (N-methyl/N-ethyl adjacent to an activating group) is 1. The number of likely N-dealkylation sites (tertiary alicyclic amines) is 1. The van der Waals surface area contributed by atoms with Crippen LogP contribution in [-0.2, 0) is 0 Å². The van der Waals surface area contributed by atoms with Gasteiger partial charge >= 0.3 is 0 Å². The van der Waals surface area contributed by atoms with Gasteiger partial charge in [-0.15, -0.1) is 6.54 Å². The maximum absolute atomic E-state index is 8.86. The highest BCUT2D eigenvalue weighted by Crippen LogP contribution is 2.14. The lowest BCUT2D eigenvalue weighted by molar-refractivity contribution is 0.223. The number of aliphatic hydroxyl groups is 1. The van der Waals surface area contributed by atoms with E-state index in [0.29, 0.717) is 12.5 Å². The summed E-state index contributed by atoms with van der Waals surface area (Å²) in [5.74, 6) is 0.520. The average Bonchev–Trinajstić information content (AvgIpc) is 2.48. The first-order valence-corrected chi connectivity index (χ1v) is 4.25. The fourth-order valence-corrected chi connectivity index (χ4v) is 1.51. The molecule has 3 nitrogen and oxygen atoms in total. The fourth-order valence-electron chi connectivity index (χ4n) is 1.51. The summed E-state index contributed by atoms with van der Waals surface area (Å²) >= 11 is 0. The van der Waals surface area contributed by atoms with Crippen LogP contribution >= 0.6 is 0 Å². The molecule has 0 radical (unpaired) electrons. The summed E-state index contributed by atoms with van der Waals surface area (Å²) in [6.07, 6.45) is 1.15. The van der Waals surface area contributed by atoms with Crippen molar-refractivity contribution in [2.75, 3.05) is 39.8 Å². The van der Waals surface area contributed by atoms with Crippen molar-refractivity contribution in [3.05, 3.63) is 5.32 Å². The predicted molar refractivity (Wildman–Crippen MR) is 45.8 cm³/mol. The van der Waals surface area contributed by atoms with Gasteiger partial charge in [0.15, 0.2) is 0 Å². The third kappa shape index (κ3) is 2.77. The van der Waals surface area contributed by atoms with E-state index < -0.39 is 0 Å². The molecule has 0 bridgehead atoms. The summed E-state index contributed by atoms with van der Waals surface area (Å²) in [5.41, 5.74) is 0. The number of rotatable bonds is 4. The molecule has 1 aliphatic heterocycles. The van der Waals surface area contributed by atoms with Crippen LogP contribution in [-0.4, -0.2) is 49.8 Å². The molecular weight excluding hydrogens is 140 g/mol. The van der Waals surface area contributed by atoms with E-state index >= 15 is 0 Å². The molecule has 3 heteroatoms. The van der Waals surface area contributed by atoms with Crippen molar-refractivity contribution >= 4 is 0 Å². The molecule has 0 aliphatic carbocycles. The Morgan fingerprint density at radius 3 is 3.00 bits per heavy atom. The van der Waals surface area contributed by atoms with Gasteiger partial charge in [0.05, 0.1) is 0 Å². The van der Waals surface area contributed by atoms with Gasteiger partial charge in [0, 0.05) is 13.2 Å². The number of hydrogen-bond acceptors (Lipinski definition) is 2. The molecular formula is C8H17N2O-. The van der Waals surface area contributed by atoms with E-state index in [1.165, 1.54) is 0 Å². The molecule has 66 valence electrons. The fraction of sp³-hybridized carbons (Fsp3) is 1.00. The Hall–Kier alpha value is -0.120. The molecule has 1 atom stereocenters. The van der Waals surface area contributed by atoms with Gasteiger partial charge in [-0.3, -0.25) is 0 Å². The smallest absolute Gasteiger partial charge is 0.0471 e. The van der Waals surface area contributed by atoms with Crippen molar-refractivity contribution in [2.45, 2.75) is 6.42 Å². The lowest BCUT2D eigenvalue weighted by Crippen LogP contribution is -2.24. The Morgan fingerprint density at radius 2 is 2.45 bits per heavy atom. The molecule has 1 heterocycles. The second-order valence-corrected chi connectivity index (χ2v) is 3.18. The first-order valence-electron chi connectivity index (χ1n) is 4.25. The second kappa shape index (κ2) is 4.70. The van der Waals surface area contributed by atoms with Crippen LogP contribution in [0.5, 0.6) is 0 Å². The SMILES string of the molecule is C[N-]CCN1CC[C@H](CO)C1. The van der Waals surface area contributed by atoms with Gasteiger partial charge in [-0.25, -0.2) is 0 Å². The zero-order valence-electron chi connectivity index (χ0n) is 7.16. The van der Waals surface area contributed by atoms with Crippen LogP contribution in [0.25, 0.3) is 5.32 Å². The molecule has 1 rings (SSSR count). The summed E-state index contributed by atoms with van der Waals surface area (Å²) in [5, 5.41) is 12.9. The molecule has 1 N–H and O–H groups in total. The summed E-state index contributed by atoms with van der Waals surface area (Å²) in [7, 11) is 1.85. The third-order valence-corrected chi connectivity index (χ3v) is 2.27. The van der Waals surface area contributed by atoms with Crippen molar-refractivity contribution in [3.8, 4) is 0 Å². The van der Waals surface area contributed by atoms with Crippen LogP contribution in [0.1, 0.15) is 6.42 Å². The van der Waals surface area contributed by atoms with Crippen molar-refractivity contribution in [1.82, 2.24) is 4.90 Å². The van der Waals surface area contributed by atoms with E-state index in [-0.39, 0.29) is 0 Å². The minimum atomic E-state index is 0.347. The minimum absolute atomic E-state index is 0.347. The number of nitrogens with zero attached hydrogens (tertiary/aromatic N) is 2. The first-order chi connectivity index (χ1) is 5.36.